The molecule has 28 heavy (non-hydrogen) atoms. The number of furan rings is 1. The van der Waals surface area contributed by atoms with E-state index in [0.29, 0.717) is 16.8 Å². The van der Waals surface area contributed by atoms with Crippen LogP contribution in [0.5, 0.6) is 0 Å². The number of fused-ring (bicyclic) bond motifs is 3. The predicted octanol–water partition coefficient (Wildman–Crippen LogP) is 2.57. The fourth-order valence-corrected chi connectivity index (χ4v) is 2.95. The van der Waals surface area contributed by atoms with Gasteiger partial charge < -0.3 is 14.5 Å². The van der Waals surface area contributed by atoms with E-state index in [-0.39, 0.29) is 17.7 Å². The molecule has 2 aromatic heterocycles. The lowest BCUT2D eigenvalue weighted by molar-refractivity contribution is -0.116. The summed E-state index contributed by atoms with van der Waals surface area (Å²) in [5, 5.41) is 3.35. The molecule has 2 heterocycles. The molecule has 140 valence electrons. The third-order valence-electron chi connectivity index (χ3n) is 4.27. The van der Waals surface area contributed by atoms with Gasteiger partial charge in [0.1, 0.15) is 17.6 Å². The molecule has 8 heteroatoms. The first-order valence-corrected chi connectivity index (χ1v) is 8.42. The molecule has 0 aliphatic rings. The van der Waals surface area contributed by atoms with Gasteiger partial charge in [-0.2, -0.15) is 0 Å². The predicted molar refractivity (Wildman–Crippen MR) is 102 cm³/mol. The van der Waals surface area contributed by atoms with E-state index in [1.807, 2.05) is 12.1 Å². The van der Waals surface area contributed by atoms with Gasteiger partial charge in [-0.05, 0) is 24.3 Å². The van der Waals surface area contributed by atoms with Crippen LogP contribution in [0.3, 0.4) is 0 Å². The second kappa shape index (κ2) is 6.99. The molecule has 0 atom stereocenters. The van der Waals surface area contributed by atoms with Crippen molar-refractivity contribution < 1.29 is 18.7 Å². The lowest BCUT2D eigenvalue weighted by atomic mass is 10.2. The van der Waals surface area contributed by atoms with Crippen LogP contribution in [0.2, 0.25) is 0 Å². The number of nitrogens with zero attached hydrogens (tertiary/aromatic N) is 2. The van der Waals surface area contributed by atoms with E-state index >= 15 is 0 Å². The lowest BCUT2D eigenvalue weighted by Gasteiger charge is -2.10. The van der Waals surface area contributed by atoms with Crippen molar-refractivity contribution in [1.29, 1.82) is 0 Å². The number of esters is 1. The number of amides is 1. The second-order valence-electron chi connectivity index (χ2n) is 6.04. The molecule has 2 aromatic carbocycles. The molecule has 0 saturated heterocycles. The topological polar surface area (TPSA) is 103 Å². The van der Waals surface area contributed by atoms with Crippen LogP contribution in [0.15, 0.2) is 64.1 Å². The monoisotopic (exact) mass is 377 g/mol. The van der Waals surface area contributed by atoms with Gasteiger partial charge in [0.15, 0.2) is 0 Å². The van der Waals surface area contributed by atoms with E-state index in [1.54, 1.807) is 30.3 Å². The molecule has 0 saturated carbocycles. The maximum absolute atomic E-state index is 12.7. The van der Waals surface area contributed by atoms with Crippen LogP contribution >= 0.6 is 0 Å². The Hall–Kier alpha value is -3.94. The minimum Gasteiger partial charge on any atom is -0.465 e. The first-order valence-electron chi connectivity index (χ1n) is 8.42. The van der Waals surface area contributed by atoms with Gasteiger partial charge in [0.25, 0.3) is 5.56 Å². The average molecular weight is 377 g/mol. The molecule has 4 rings (SSSR count). The van der Waals surface area contributed by atoms with E-state index < -0.39 is 17.4 Å². The largest absolute Gasteiger partial charge is 0.465 e. The number of ether oxygens (including phenoxy) is 1. The fourth-order valence-electron chi connectivity index (χ4n) is 2.95. The molecule has 0 aliphatic heterocycles. The highest BCUT2D eigenvalue weighted by Crippen LogP contribution is 2.24. The zero-order valence-electron chi connectivity index (χ0n) is 14.8. The van der Waals surface area contributed by atoms with Gasteiger partial charge in [-0.1, -0.05) is 24.3 Å². The highest BCUT2D eigenvalue weighted by Gasteiger charge is 2.16. The smallest absolute Gasteiger partial charge is 0.339 e. The zero-order chi connectivity index (χ0) is 19.7. The summed E-state index contributed by atoms with van der Waals surface area (Å²) in [4.78, 5) is 41.2. The van der Waals surface area contributed by atoms with Crippen molar-refractivity contribution >= 4 is 39.6 Å². The van der Waals surface area contributed by atoms with Crippen molar-refractivity contribution in [1.82, 2.24) is 9.55 Å². The number of hydrogen-bond donors (Lipinski definition) is 1. The van der Waals surface area contributed by atoms with Gasteiger partial charge >= 0.3 is 5.97 Å². The minimum atomic E-state index is -0.571. The van der Waals surface area contributed by atoms with E-state index in [4.69, 9.17) is 9.15 Å². The summed E-state index contributed by atoms with van der Waals surface area (Å²) in [6.07, 6.45) is 1.30. The molecule has 1 amide bonds. The summed E-state index contributed by atoms with van der Waals surface area (Å²) in [6, 6.07) is 13.6. The van der Waals surface area contributed by atoms with E-state index in [2.05, 4.69) is 10.3 Å². The first-order chi connectivity index (χ1) is 13.6. The second-order valence-corrected chi connectivity index (χ2v) is 6.04. The quantitative estimate of drug-likeness (QED) is 0.548. The summed E-state index contributed by atoms with van der Waals surface area (Å²) in [6.45, 7) is -0.283. The highest BCUT2D eigenvalue weighted by atomic mass is 16.5. The third-order valence-corrected chi connectivity index (χ3v) is 4.27. The maximum atomic E-state index is 12.7. The van der Waals surface area contributed by atoms with Crippen molar-refractivity contribution in [3.05, 3.63) is 70.8 Å². The van der Waals surface area contributed by atoms with Gasteiger partial charge in [0.05, 0.1) is 24.7 Å². The SMILES string of the molecule is COC(=O)c1ccccc1NC(=O)Cn1cnc2c(oc3ccccc32)c1=O. The first kappa shape index (κ1) is 17.5. The van der Waals surface area contributed by atoms with Gasteiger partial charge in [0, 0.05) is 5.39 Å². The van der Waals surface area contributed by atoms with Crippen molar-refractivity contribution in [2.24, 2.45) is 0 Å². The van der Waals surface area contributed by atoms with Crippen LogP contribution in [0.4, 0.5) is 5.69 Å². The van der Waals surface area contributed by atoms with Crippen LogP contribution in [-0.2, 0) is 16.1 Å². The number of aromatic nitrogens is 2. The molecule has 4 aromatic rings. The van der Waals surface area contributed by atoms with Crippen molar-refractivity contribution in [3.8, 4) is 0 Å². The summed E-state index contributed by atoms with van der Waals surface area (Å²) in [5.74, 6) is -1.06. The third kappa shape index (κ3) is 3.01. The molecule has 0 radical (unpaired) electrons. The number of hydrogen-bond acceptors (Lipinski definition) is 6. The number of para-hydroxylation sites is 2. The molecule has 8 nitrogen and oxygen atoms in total. The van der Waals surface area contributed by atoms with E-state index in [1.165, 1.54) is 19.5 Å². The van der Waals surface area contributed by atoms with Gasteiger partial charge in [-0.25, -0.2) is 9.78 Å². The Labute approximate surface area is 158 Å². The standard InChI is InChI=1S/C20H15N3O5/c1-27-20(26)12-6-2-4-8-14(12)22-16(24)10-23-11-21-17-13-7-3-5-9-15(13)28-18(17)19(23)25/h2-9,11H,10H2,1H3,(H,22,24). The van der Waals surface area contributed by atoms with Gasteiger partial charge in [-0.3, -0.25) is 14.2 Å². The van der Waals surface area contributed by atoms with Crippen LogP contribution in [0.25, 0.3) is 22.1 Å². The molecule has 1 N–H and O–H groups in total. The summed E-state index contributed by atoms with van der Waals surface area (Å²) >= 11 is 0. The molecule has 0 unspecified atom stereocenters. The highest BCUT2D eigenvalue weighted by molar-refractivity contribution is 6.02. The van der Waals surface area contributed by atoms with Crippen LogP contribution in [-0.4, -0.2) is 28.5 Å². The number of nitrogens with one attached hydrogen (secondary N) is 1. The Morgan fingerprint density at radius 2 is 1.89 bits per heavy atom. The number of rotatable bonds is 4. The molecule has 0 spiro atoms. The number of anilines is 1. The normalized spacial score (nSPS) is 10.9. The van der Waals surface area contributed by atoms with Crippen LogP contribution in [0, 0.1) is 0 Å². The Kier molecular flexibility index (Phi) is 4.36. The zero-order valence-corrected chi connectivity index (χ0v) is 14.8. The number of methoxy groups -OCH3 is 1. The Morgan fingerprint density at radius 1 is 1.14 bits per heavy atom. The summed E-state index contributed by atoms with van der Waals surface area (Å²) in [5.41, 5.74) is 1.15. The molecule has 0 aliphatic carbocycles. The Morgan fingerprint density at radius 3 is 2.71 bits per heavy atom. The number of benzene rings is 2. The molecule has 0 bridgehead atoms. The van der Waals surface area contributed by atoms with Crippen LogP contribution < -0.4 is 10.9 Å². The minimum absolute atomic E-state index is 0.0893. The van der Waals surface area contributed by atoms with Crippen LogP contribution in [0.1, 0.15) is 10.4 Å². The lowest BCUT2D eigenvalue weighted by Crippen LogP contribution is -2.28. The average Bonchev–Trinajstić information content (AvgIpc) is 3.09. The Bertz CT molecular complexity index is 1270. The maximum Gasteiger partial charge on any atom is 0.339 e. The fraction of sp³-hybridized carbons (Fsp3) is 0.100. The molecular weight excluding hydrogens is 362 g/mol. The summed E-state index contributed by atoms with van der Waals surface area (Å²) in [7, 11) is 1.26. The van der Waals surface area contributed by atoms with Crippen molar-refractivity contribution in [2.45, 2.75) is 6.54 Å². The molecular formula is C20H15N3O5. The van der Waals surface area contributed by atoms with Crippen molar-refractivity contribution in [3.63, 3.8) is 0 Å². The Balaban J connectivity index is 1.63. The molecule has 0 fully saturated rings. The van der Waals surface area contributed by atoms with Gasteiger partial charge in [-0.15, -0.1) is 0 Å². The van der Waals surface area contributed by atoms with Gasteiger partial charge in [0.2, 0.25) is 11.5 Å². The van der Waals surface area contributed by atoms with E-state index in [9.17, 15) is 14.4 Å². The summed E-state index contributed by atoms with van der Waals surface area (Å²) < 4.78 is 11.5. The van der Waals surface area contributed by atoms with Crippen molar-refractivity contribution in [2.75, 3.05) is 12.4 Å². The van der Waals surface area contributed by atoms with E-state index in [0.717, 1.165) is 9.95 Å². The number of carbonyl (C=O) groups is 2. The number of carbonyl (C=O) groups excluding carboxylic acids is 2.